The fourth-order valence-corrected chi connectivity index (χ4v) is 7.49. The molecule has 0 radical (unpaired) electrons. The lowest BCUT2D eigenvalue weighted by Crippen LogP contribution is -2.10. The Labute approximate surface area is 276 Å². The topological polar surface area (TPSA) is 65.0 Å². The van der Waals surface area contributed by atoms with Gasteiger partial charge in [0.1, 0.15) is 22.5 Å². The van der Waals surface area contributed by atoms with Gasteiger partial charge in [-0.25, -0.2) is 15.0 Å². The van der Waals surface area contributed by atoms with Crippen LogP contribution in [0.15, 0.2) is 142 Å². The van der Waals surface area contributed by atoms with Crippen LogP contribution in [-0.2, 0) is 6.42 Å². The van der Waals surface area contributed by atoms with Crippen molar-refractivity contribution in [2.45, 2.75) is 19.3 Å². The smallest absolute Gasteiger partial charge is 0.164 e. The predicted octanol–water partition coefficient (Wildman–Crippen LogP) is 11.1. The minimum Gasteiger partial charge on any atom is -0.456 e. The molecule has 1 atom stereocenters. The summed E-state index contributed by atoms with van der Waals surface area (Å²) in [7, 11) is 0. The fraction of sp³-hybridized carbons (Fsp3) is 0.0930. The molecule has 5 nitrogen and oxygen atoms in total. The van der Waals surface area contributed by atoms with E-state index in [2.05, 4.69) is 72.8 Å². The summed E-state index contributed by atoms with van der Waals surface area (Å²) in [5, 5.41) is 5.24. The van der Waals surface area contributed by atoms with Crippen LogP contribution in [-0.4, -0.2) is 15.0 Å². The monoisotopic (exact) mass is 619 g/mol. The van der Waals surface area contributed by atoms with E-state index in [1.165, 1.54) is 11.1 Å². The molecule has 3 aromatic heterocycles. The molecular weight excluding hydrogens is 590 g/mol. The highest BCUT2D eigenvalue weighted by Gasteiger charge is 2.26. The molecule has 0 fully saturated rings. The van der Waals surface area contributed by atoms with Gasteiger partial charge in [0.2, 0.25) is 0 Å². The third kappa shape index (κ3) is 4.28. The Morgan fingerprint density at radius 1 is 0.625 bits per heavy atom. The summed E-state index contributed by atoms with van der Waals surface area (Å²) >= 11 is 0. The maximum atomic E-state index is 6.61. The first-order chi connectivity index (χ1) is 23.8. The average molecular weight is 620 g/mol. The van der Waals surface area contributed by atoms with Gasteiger partial charge in [0.15, 0.2) is 17.5 Å². The van der Waals surface area contributed by atoms with Crippen molar-refractivity contribution in [1.29, 1.82) is 0 Å². The van der Waals surface area contributed by atoms with Crippen LogP contribution < -0.4 is 0 Å². The molecule has 228 valence electrons. The minimum absolute atomic E-state index is 0.358. The second-order valence-electron chi connectivity index (χ2n) is 12.6. The minimum atomic E-state index is 0.358. The highest BCUT2D eigenvalue weighted by molar-refractivity contribution is 6.13. The van der Waals surface area contributed by atoms with Crippen molar-refractivity contribution in [3.8, 4) is 34.2 Å². The van der Waals surface area contributed by atoms with Crippen molar-refractivity contribution in [3.05, 3.63) is 144 Å². The van der Waals surface area contributed by atoms with E-state index in [-0.39, 0.29) is 0 Å². The molecule has 0 saturated heterocycles. The fourth-order valence-electron chi connectivity index (χ4n) is 7.49. The average Bonchev–Trinajstić information content (AvgIpc) is 3.73. The van der Waals surface area contributed by atoms with Gasteiger partial charge in [-0.15, -0.1) is 0 Å². The van der Waals surface area contributed by atoms with Crippen LogP contribution in [0.1, 0.15) is 24.2 Å². The van der Waals surface area contributed by atoms with Crippen molar-refractivity contribution in [2.75, 3.05) is 0 Å². The Hall–Kier alpha value is -6.07. The van der Waals surface area contributed by atoms with Crippen LogP contribution in [0, 0.1) is 5.92 Å². The second-order valence-corrected chi connectivity index (χ2v) is 12.6. The number of hydrogen-bond donors (Lipinski definition) is 0. The van der Waals surface area contributed by atoms with Gasteiger partial charge in [0, 0.05) is 49.7 Å². The van der Waals surface area contributed by atoms with Crippen LogP contribution in [0.4, 0.5) is 0 Å². The summed E-state index contributed by atoms with van der Waals surface area (Å²) in [5.74, 6) is 3.15. The van der Waals surface area contributed by atoms with E-state index in [1.807, 2.05) is 60.7 Å². The molecule has 10 rings (SSSR count). The van der Waals surface area contributed by atoms with E-state index in [0.29, 0.717) is 23.4 Å². The van der Waals surface area contributed by atoms with Crippen molar-refractivity contribution in [1.82, 2.24) is 15.0 Å². The Morgan fingerprint density at radius 2 is 1.38 bits per heavy atom. The van der Waals surface area contributed by atoms with Crippen molar-refractivity contribution in [2.24, 2.45) is 5.92 Å². The summed E-state index contributed by atoms with van der Waals surface area (Å²) in [4.78, 5) is 15.5. The molecule has 0 amide bonds. The third-order valence-electron chi connectivity index (χ3n) is 9.81. The third-order valence-corrected chi connectivity index (χ3v) is 9.81. The first kappa shape index (κ1) is 27.1. The summed E-state index contributed by atoms with van der Waals surface area (Å²) in [5.41, 5.74) is 8.07. The summed E-state index contributed by atoms with van der Waals surface area (Å²) in [6.07, 6.45) is 14.3. The van der Waals surface area contributed by atoms with Gasteiger partial charge in [-0.3, -0.25) is 0 Å². The zero-order valence-corrected chi connectivity index (χ0v) is 26.1. The molecule has 3 heterocycles. The van der Waals surface area contributed by atoms with Crippen LogP contribution in [0.3, 0.4) is 0 Å². The van der Waals surface area contributed by atoms with Crippen LogP contribution in [0.5, 0.6) is 0 Å². The van der Waals surface area contributed by atoms with E-state index >= 15 is 0 Å². The Bertz CT molecular complexity index is 2660. The molecule has 5 aromatic carbocycles. The number of furan rings is 2. The molecule has 2 aliphatic rings. The predicted molar refractivity (Wildman–Crippen MR) is 193 cm³/mol. The quantitative estimate of drug-likeness (QED) is 0.196. The molecule has 1 unspecified atom stereocenters. The summed E-state index contributed by atoms with van der Waals surface area (Å²) in [6.45, 7) is 0. The molecule has 0 N–H and O–H groups in total. The number of fused-ring (bicyclic) bond motifs is 8. The largest absolute Gasteiger partial charge is 0.456 e. The Kier molecular flexibility index (Phi) is 6.06. The Balaban J connectivity index is 1.23. The van der Waals surface area contributed by atoms with Gasteiger partial charge in [0.05, 0.1) is 0 Å². The Morgan fingerprint density at radius 3 is 2.23 bits per heavy atom. The zero-order valence-electron chi connectivity index (χ0n) is 26.1. The van der Waals surface area contributed by atoms with Gasteiger partial charge in [0.25, 0.3) is 0 Å². The van der Waals surface area contributed by atoms with Crippen LogP contribution in [0.2, 0.25) is 0 Å². The zero-order chi connectivity index (χ0) is 31.6. The van der Waals surface area contributed by atoms with Gasteiger partial charge in [-0.1, -0.05) is 115 Å². The lowest BCUT2D eigenvalue weighted by atomic mass is 9.83. The van der Waals surface area contributed by atoms with Gasteiger partial charge in [-0.2, -0.15) is 0 Å². The molecular formula is C43H29N3O2. The van der Waals surface area contributed by atoms with Gasteiger partial charge < -0.3 is 8.83 Å². The van der Waals surface area contributed by atoms with Crippen LogP contribution >= 0.6 is 0 Å². The number of hydrogen-bond acceptors (Lipinski definition) is 5. The van der Waals surface area contributed by atoms with Crippen molar-refractivity contribution < 1.29 is 8.83 Å². The maximum absolute atomic E-state index is 6.61. The highest BCUT2D eigenvalue weighted by Crippen LogP contribution is 2.43. The standard InChI is InChI=1S/C43H29N3O2/c1-3-12-26(13-4-1)28-22-23-37-33(24-28)34-25-35(29-16-7-8-17-30(29)40(34)48-37)43-45-41(27-14-5-2-6-15-27)44-42(46-43)32-19-11-21-38-39(32)31-18-9-10-20-36(31)47-38/h1-3,5-12,14-23,25,28H,4,13,24H2. The number of allylic oxidation sites excluding steroid dienone is 5. The first-order valence-electron chi connectivity index (χ1n) is 16.5. The molecule has 0 bridgehead atoms. The lowest BCUT2D eigenvalue weighted by Gasteiger charge is -2.21. The normalized spacial score (nSPS) is 15.8. The van der Waals surface area contributed by atoms with E-state index in [4.69, 9.17) is 23.8 Å². The molecule has 5 heteroatoms. The van der Waals surface area contributed by atoms with E-state index in [1.54, 1.807) is 0 Å². The molecule has 0 saturated carbocycles. The molecule has 0 spiro atoms. The molecule has 8 aromatic rings. The number of aromatic nitrogens is 3. The van der Waals surface area contributed by atoms with Crippen molar-refractivity contribution in [3.63, 3.8) is 0 Å². The number of rotatable bonds is 4. The number of benzene rings is 5. The van der Waals surface area contributed by atoms with E-state index in [9.17, 15) is 0 Å². The van der Waals surface area contributed by atoms with Gasteiger partial charge in [-0.05, 0) is 48.9 Å². The summed E-state index contributed by atoms with van der Waals surface area (Å²) in [6, 6.07) is 35.0. The number of para-hydroxylation sites is 1. The number of nitrogens with zero attached hydrogens (tertiary/aromatic N) is 3. The van der Waals surface area contributed by atoms with Crippen molar-refractivity contribution >= 4 is 49.8 Å². The first-order valence-corrected chi connectivity index (χ1v) is 16.5. The molecule has 48 heavy (non-hydrogen) atoms. The SMILES string of the molecule is C1=CCCC(C2C=Cc3oc4c(cc(-c5nc(-c6ccccc6)nc(-c6cccc7oc8ccccc8c67)n5)c5ccccc54)c3C2)=C1. The maximum Gasteiger partial charge on any atom is 0.164 e. The molecule has 2 aliphatic carbocycles. The van der Waals surface area contributed by atoms with E-state index in [0.717, 1.165) is 85.4 Å². The van der Waals surface area contributed by atoms with Gasteiger partial charge >= 0.3 is 0 Å². The highest BCUT2D eigenvalue weighted by atomic mass is 16.3. The summed E-state index contributed by atoms with van der Waals surface area (Å²) < 4.78 is 12.9. The molecule has 0 aliphatic heterocycles. The second kappa shape index (κ2) is 10.7. The van der Waals surface area contributed by atoms with Crippen LogP contribution in [0.25, 0.3) is 83.9 Å². The van der Waals surface area contributed by atoms with E-state index < -0.39 is 0 Å². The lowest BCUT2D eigenvalue weighted by molar-refractivity contribution is 0.587.